The lowest BCUT2D eigenvalue weighted by atomic mass is 10.1. The van der Waals surface area contributed by atoms with Crippen molar-refractivity contribution in [2.45, 2.75) is 25.9 Å². The van der Waals surface area contributed by atoms with Crippen molar-refractivity contribution >= 4 is 34.5 Å². The lowest BCUT2D eigenvalue weighted by Gasteiger charge is -2.29. The van der Waals surface area contributed by atoms with Crippen LogP contribution in [0.4, 0.5) is 5.69 Å². The monoisotopic (exact) mass is 420 g/mol. The highest BCUT2D eigenvalue weighted by molar-refractivity contribution is 7.80. The second kappa shape index (κ2) is 9.21. The van der Waals surface area contributed by atoms with Crippen molar-refractivity contribution < 1.29 is 14.4 Å². The zero-order valence-corrected chi connectivity index (χ0v) is 17.1. The second-order valence-corrected chi connectivity index (χ2v) is 7.35. The number of piperidine rings is 1. The number of hydrogen-bond donors (Lipinski definition) is 0. The van der Waals surface area contributed by atoms with Crippen LogP contribution in [0.2, 0.25) is 5.02 Å². The minimum atomic E-state index is -0.436. The summed E-state index contributed by atoms with van der Waals surface area (Å²) in [5.74, 6) is 0.927. The maximum atomic E-state index is 10.7. The quantitative estimate of drug-likeness (QED) is 0.372. The van der Waals surface area contributed by atoms with Gasteiger partial charge >= 0.3 is 0 Å². The predicted octanol–water partition coefficient (Wildman–Crippen LogP) is 5.00. The molecule has 0 unspecified atom stereocenters. The number of nitrogens with zero attached hydrogens (tertiary/aromatic N) is 2. The normalized spacial score (nSPS) is 13.9. The van der Waals surface area contributed by atoms with Crippen molar-refractivity contribution in [3.63, 3.8) is 0 Å². The molecule has 0 radical (unpaired) electrons. The Balaban J connectivity index is 1.75. The number of nitro groups is 1. The first kappa shape index (κ1) is 20.4. The molecule has 1 aliphatic rings. The van der Waals surface area contributed by atoms with Crippen molar-refractivity contribution in [2.75, 3.05) is 20.2 Å². The predicted molar refractivity (Wildman–Crippen MR) is 113 cm³/mol. The lowest BCUT2D eigenvalue weighted by Crippen LogP contribution is -2.34. The minimum Gasteiger partial charge on any atom is -0.493 e. The summed E-state index contributed by atoms with van der Waals surface area (Å²) < 4.78 is 11.3. The zero-order chi connectivity index (χ0) is 20.1. The van der Waals surface area contributed by atoms with Crippen LogP contribution in [0.5, 0.6) is 11.5 Å². The average molecular weight is 421 g/mol. The van der Waals surface area contributed by atoms with E-state index in [1.165, 1.54) is 18.6 Å². The number of benzene rings is 2. The Kier molecular flexibility index (Phi) is 6.70. The molecule has 0 saturated carbocycles. The number of thiocarbonyl (C=S) groups is 1. The van der Waals surface area contributed by atoms with Crippen LogP contribution in [0.3, 0.4) is 0 Å². The number of hydrogen-bond acceptors (Lipinski definition) is 5. The summed E-state index contributed by atoms with van der Waals surface area (Å²) >= 11 is 12.1. The van der Waals surface area contributed by atoms with Gasteiger partial charge in [0.1, 0.15) is 11.6 Å². The van der Waals surface area contributed by atoms with E-state index in [1.807, 2.05) is 6.07 Å². The van der Waals surface area contributed by atoms with Gasteiger partial charge in [0.25, 0.3) is 5.69 Å². The molecule has 8 heteroatoms. The summed E-state index contributed by atoms with van der Waals surface area (Å²) in [6.07, 6.45) is 3.52. The van der Waals surface area contributed by atoms with Gasteiger partial charge in [0.15, 0.2) is 11.5 Å². The molecule has 148 valence electrons. The number of likely N-dealkylation sites (tertiary alicyclic amines) is 1. The van der Waals surface area contributed by atoms with E-state index in [0.717, 1.165) is 42.0 Å². The van der Waals surface area contributed by atoms with Crippen molar-refractivity contribution in [1.82, 2.24) is 4.90 Å². The molecule has 0 amide bonds. The summed E-state index contributed by atoms with van der Waals surface area (Å²) in [5, 5.41) is 11.2. The Labute approximate surface area is 174 Å². The molecule has 0 aromatic heterocycles. The molecule has 2 aromatic carbocycles. The Morgan fingerprint density at radius 1 is 1.21 bits per heavy atom. The summed E-state index contributed by atoms with van der Waals surface area (Å²) in [4.78, 5) is 13.3. The van der Waals surface area contributed by atoms with Gasteiger partial charge in [0.05, 0.1) is 17.1 Å². The topological polar surface area (TPSA) is 64.8 Å². The van der Waals surface area contributed by atoms with Crippen molar-refractivity contribution in [3.05, 3.63) is 62.7 Å². The Morgan fingerprint density at radius 3 is 2.50 bits per heavy atom. The van der Waals surface area contributed by atoms with Gasteiger partial charge in [-0.3, -0.25) is 10.1 Å². The van der Waals surface area contributed by atoms with Crippen LogP contribution >= 0.6 is 23.8 Å². The van der Waals surface area contributed by atoms with Crippen molar-refractivity contribution in [2.24, 2.45) is 0 Å². The van der Waals surface area contributed by atoms with Gasteiger partial charge < -0.3 is 14.4 Å². The van der Waals surface area contributed by atoms with Crippen LogP contribution in [0.1, 0.15) is 30.4 Å². The fourth-order valence-electron chi connectivity index (χ4n) is 3.13. The minimum absolute atomic E-state index is 0.0370. The highest BCUT2D eigenvalue weighted by Gasteiger charge is 2.19. The third-order valence-corrected chi connectivity index (χ3v) is 5.42. The van der Waals surface area contributed by atoms with Crippen LogP contribution in [0.25, 0.3) is 0 Å². The summed E-state index contributed by atoms with van der Waals surface area (Å²) in [6.45, 7) is 2.12. The van der Waals surface area contributed by atoms with E-state index in [0.29, 0.717) is 16.5 Å². The van der Waals surface area contributed by atoms with Crippen LogP contribution in [-0.4, -0.2) is 35.0 Å². The van der Waals surface area contributed by atoms with Gasteiger partial charge in [-0.05, 0) is 49.1 Å². The molecule has 2 aromatic rings. The fourth-order valence-corrected chi connectivity index (χ4v) is 3.70. The summed E-state index contributed by atoms with van der Waals surface area (Å²) in [7, 11) is 1.55. The van der Waals surface area contributed by atoms with Gasteiger partial charge in [-0.25, -0.2) is 0 Å². The standard InChI is InChI=1S/C20H21ClN2O4S/c1-26-18-12-15(20(28)22-9-3-2-4-10-22)11-17(21)19(18)27-13-14-5-7-16(8-6-14)23(24)25/h5-8,11-12H,2-4,9-10,13H2,1H3. The molecule has 28 heavy (non-hydrogen) atoms. The highest BCUT2D eigenvalue weighted by Crippen LogP contribution is 2.37. The van der Waals surface area contributed by atoms with Crippen LogP contribution in [-0.2, 0) is 6.61 Å². The first-order valence-corrected chi connectivity index (χ1v) is 9.81. The van der Waals surface area contributed by atoms with Gasteiger partial charge in [0.2, 0.25) is 0 Å². The Hall–Kier alpha value is -2.38. The maximum absolute atomic E-state index is 10.7. The highest BCUT2D eigenvalue weighted by atomic mass is 35.5. The number of nitro benzene ring substituents is 1. The molecule has 0 spiro atoms. The number of halogens is 1. The smallest absolute Gasteiger partial charge is 0.269 e. The maximum Gasteiger partial charge on any atom is 0.269 e. The molecule has 6 nitrogen and oxygen atoms in total. The third kappa shape index (κ3) is 4.72. The number of methoxy groups -OCH3 is 1. The third-order valence-electron chi connectivity index (χ3n) is 4.65. The van der Waals surface area contributed by atoms with Gasteiger partial charge in [0, 0.05) is 30.8 Å². The van der Waals surface area contributed by atoms with Crippen molar-refractivity contribution in [3.8, 4) is 11.5 Å². The summed E-state index contributed by atoms with van der Waals surface area (Å²) in [5.41, 5.74) is 1.66. The van der Waals surface area contributed by atoms with E-state index in [1.54, 1.807) is 25.3 Å². The molecule has 0 N–H and O–H groups in total. The second-order valence-electron chi connectivity index (χ2n) is 6.55. The van der Waals surface area contributed by atoms with Crippen LogP contribution in [0.15, 0.2) is 36.4 Å². The van der Waals surface area contributed by atoms with E-state index in [-0.39, 0.29) is 12.3 Å². The lowest BCUT2D eigenvalue weighted by molar-refractivity contribution is -0.384. The van der Waals surface area contributed by atoms with E-state index in [2.05, 4.69) is 4.90 Å². The average Bonchev–Trinajstić information content (AvgIpc) is 2.72. The SMILES string of the molecule is COc1cc(C(=S)N2CCCCC2)cc(Cl)c1OCc1ccc([N+](=O)[O-])cc1. The number of non-ortho nitro benzene ring substituents is 1. The molecule has 3 rings (SSSR count). The number of ether oxygens (including phenoxy) is 2. The fraction of sp³-hybridized carbons (Fsp3) is 0.350. The molecular weight excluding hydrogens is 400 g/mol. The Morgan fingerprint density at radius 2 is 1.89 bits per heavy atom. The Bertz CT molecular complexity index is 867. The zero-order valence-electron chi connectivity index (χ0n) is 15.5. The van der Waals surface area contributed by atoms with Gasteiger partial charge in [-0.2, -0.15) is 0 Å². The van der Waals surface area contributed by atoms with Gasteiger partial charge in [-0.1, -0.05) is 23.8 Å². The van der Waals surface area contributed by atoms with E-state index >= 15 is 0 Å². The molecule has 1 saturated heterocycles. The van der Waals surface area contributed by atoms with E-state index in [9.17, 15) is 10.1 Å². The van der Waals surface area contributed by atoms with Gasteiger partial charge in [-0.15, -0.1) is 0 Å². The number of rotatable bonds is 6. The van der Waals surface area contributed by atoms with E-state index < -0.39 is 4.92 Å². The molecule has 1 heterocycles. The van der Waals surface area contributed by atoms with Crippen LogP contribution in [0, 0.1) is 10.1 Å². The molecule has 0 bridgehead atoms. The van der Waals surface area contributed by atoms with Crippen molar-refractivity contribution in [1.29, 1.82) is 0 Å². The van der Waals surface area contributed by atoms with Crippen LogP contribution < -0.4 is 9.47 Å². The molecule has 1 aliphatic heterocycles. The molecule has 1 fully saturated rings. The first-order valence-electron chi connectivity index (χ1n) is 9.02. The molecule has 0 atom stereocenters. The first-order chi connectivity index (χ1) is 13.5. The largest absolute Gasteiger partial charge is 0.493 e. The molecular formula is C20H21ClN2O4S. The molecule has 0 aliphatic carbocycles. The van der Waals surface area contributed by atoms with E-state index in [4.69, 9.17) is 33.3 Å². The summed E-state index contributed by atoms with van der Waals surface area (Å²) in [6, 6.07) is 9.83.